The van der Waals surface area contributed by atoms with Crippen molar-refractivity contribution >= 4 is 10.8 Å². The highest BCUT2D eigenvalue weighted by molar-refractivity contribution is 7.84. The van der Waals surface area contributed by atoms with Crippen molar-refractivity contribution in [2.45, 2.75) is 25.9 Å². The fourth-order valence-corrected chi connectivity index (χ4v) is 2.25. The number of furan rings is 1. The molecule has 0 aliphatic carbocycles. The zero-order valence-electron chi connectivity index (χ0n) is 8.82. The molecule has 1 aromatic rings. The fraction of sp³-hybridized carbons (Fsp3) is 0.600. The third-order valence-electron chi connectivity index (χ3n) is 1.99. The number of hydrogen-bond acceptors (Lipinski definition) is 3. The van der Waals surface area contributed by atoms with Gasteiger partial charge in [0.25, 0.3) is 0 Å². The lowest BCUT2D eigenvalue weighted by Crippen LogP contribution is -2.32. The molecule has 1 N–H and O–H groups in total. The lowest BCUT2D eigenvalue weighted by Gasteiger charge is -2.17. The molecule has 14 heavy (non-hydrogen) atoms. The molecule has 1 rings (SSSR count). The van der Waals surface area contributed by atoms with E-state index in [0.717, 1.165) is 5.76 Å². The molecule has 80 valence electrons. The van der Waals surface area contributed by atoms with Crippen molar-refractivity contribution in [1.82, 2.24) is 5.32 Å². The molecule has 0 saturated carbocycles. The quantitative estimate of drug-likeness (QED) is 0.813. The van der Waals surface area contributed by atoms with Gasteiger partial charge in [-0.2, -0.15) is 0 Å². The first-order valence-electron chi connectivity index (χ1n) is 4.69. The average molecular weight is 215 g/mol. The molecular weight excluding hydrogens is 198 g/mol. The van der Waals surface area contributed by atoms with Gasteiger partial charge < -0.3 is 9.73 Å². The summed E-state index contributed by atoms with van der Waals surface area (Å²) in [5.41, 5.74) is 0. The maximum absolute atomic E-state index is 11.0. The Morgan fingerprint density at radius 1 is 1.57 bits per heavy atom. The van der Waals surface area contributed by atoms with E-state index in [1.54, 1.807) is 12.5 Å². The molecule has 0 aromatic carbocycles. The van der Waals surface area contributed by atoms with E-state index in [0.29, 0.717) is 5.75 Å². The van der Waals surface area contributed by atoms with Crippen molar-refractivity contribution in [3.05, 3.63) is 24.2 Å². The monoisotopic (exact) mass is 215 g/mol. The van der Waals surface area contributed by atoms with Crippen LogP contribution in [-0.2, 0) is 10.8 Å². The van der Waals surface area contributed by atoms with Gasteiger partial charge in [0.05, 0.1) is 12.3 Å². The van der Waals surface area contributed by atoms with E-state index in [9.17, 15) is 4.21 Å². The summed E-state index contributed by atoms with van der Waals surface area (Å²) in [4.78, 5) is 0. The number of hydrogen-bond donors (Lipinski definition) is 1. The Bertz CT molecular complexity index is 284. The zero-order valence-corrected chi connectivity index (χ0v) is 9.64. The van der Waals surface area contributed by atoms with Crippen molar-refractivity contribution < 1.29 is 8.63 Å². The van der Waals surface area contributed by atoms with Crippen LogP contribution in [0.4, 0.5) is 0 Å². The maximum atomic E-state index is 11.0. The van der Waals surface area contributed by atoms with Crippen LogP contribution in [0.2, 0.25) is 0 Å². The van der Waals surface area contributed by atoms with Crippen LogP contribution in [0, 0.1) is 0 Å². The summed E-state index contributed by atoms with van der Waals surface area (Å²) < 4.78 is 16.2. The second kappa shape index (κ2) is 5.32. The molecule has 0 aliphatic heterocycles. The van der Waals surface area contributed by atoms with Crippen LogP contribution in [0.5, 0.6) is 0 Å². The minimum absolute atomic E-state index is 0.170. The second-order valence-electron chi connectivity index (χ2n) is 3.54. The van der Waals surface area contributed by atoms with Crippen molar-refractivity contribution in [2.24, 2.45) is 0 Å². The van der Waals surface area contributed by atoms with E-state index in [-0.39, 0.29) is 12.1 Å². The van der Waals surface area contributed by atoms with Crippen molar-refractivity contribution in [2.75, 3.05) is 12.0 Å². The van der Waals surface area contributed by atoms with Gasteiger partial charge in [-0.15, -0.1) is 0 Å². The third-order valence-corrected chi connectivity index (χ3v) is 2.96. The fourth-order valence-electron chi connectivity index (χ4n) is 1.45. The molecule has 3 unspecified atom stereocenters. The molecule has 4 heteroatoms. The average Bonchev–Trinajstić information content (AvgIpc) is 2.53. The summed E-state index contributed by atoms with van der Waals surface area (Å²) >= 11 is 0. The maximum Gasteiger partial charge on any atom is 0.120 e. The van der Waals surface area contributed by atoms with Gasteiger partial charge in [-0.3, -0.25) is 4.21 Å². The molecule has 1 aromatic heterocycles. The van der Waals surface area contributed by atoms with E-state index in [4.69, 9.17) is 4.42 Å². The number of nitrogens with one attached hydrogen (secondary N) is 1. The molecule has 3 nitrogen and oxygen atoms in total. The predicted molar refractivity (Wildman–Crippen MR) is 58.7 cm³/mol. The van der Waals surface area contributed by atoms with Crippen molar-refractivity contribution in [1.29, 1.82) is 0 Å². The Morgan fingerprint density at radius 2 is 2.29 bits per heavy atom. The summed E-state index contributed by atoms with van der Waals surface area (Å²) in [6.45, 7) is 4.06. The molecule has 0 amide bonds. The SMILES string of the molecule is CC(CS(C)=O)NC(C)c1ccco1. The summed E-state index contributed by atoms with van der Waals surface area (Å²) in [7, 11) is -0.752. The molecule has 3 atom stereocenters. The molecule has 0 spiro atoms. The predicted octanol–water partition coefficient (Wildman–Crippen LogP) is 1.70. The minimum atomic E-state index is -0.752. The molecule has 0 bridgehead atoms. The summed E-state index contributed by atoms with van der Waals surface area (Å²) in [6, 6.07) is 4.22. The summed E-state index contributed by atoms with van der Waals surface area (Å²) in [5, 5.41) is 3.33. The standard InChI is InChI=1S/C10H17NO2S/c1-8(7-14(3)12)11-9(2)10-5-4-6-13-10/h4-6,8-9,11H,7H2,1-3H3. The topological polar surface area (TPSA) is 42.2 Å². The first kappa shape index (κ1) is 11.5. The Labute approximate surface area is 87.3 Å². The molecule has 0 saturated heterocycles. The highest BCUT2D eigenvalue weighted by Crippen LogP contribution is 2.12. The highest BCUT2D eigenvalue weighted by Gasteiger charge is 2.12. The van der Waals surface area contributed by atoms with Gasteiger partial charge in [0.2, 0.25) is 0 Å². The molecule has 0 aliphatic rings. The van der Waals surface area contributed by atoms with Crippen LogP contribution < -0.4 is 5.32 Å². The Balaban J connectivity index is 2.41. The summed E-state index contributed by atoms with van der Waals surface area (Å²) in [6.07, 6.45) is 3.38. The Kier molecular flexibility index (Phi) is 4.35. The van der Waals surface area contributed by atoms with Gasteiger partial charge in [0.15, 0.2) is 0 Å². The van der Waals surface area contributed by atoms with Crippen LogP contribution in [0.15, 0.2) is 22.8 Å². The van der Waals surface area contributed by atoms with E-state index in [1.807, 2.05) is 26.0 Å². The largest absolute Gasteiger partial charge is 0.468 e. The van der Waals surface area contributed by atoms with E-state index in [2.05, 4.69) is 5.32 Å². The normalized spacial score (nSPS) is 17.6. The van der Waals surface area contributed by atoms with Gasteiger partial charge in [-0.25, -0.2) is 0 Å². The molecular formula is C10H17NO2S. The van der Waals surface area contributed by atoms with Crippen LogP contribution in [0.25, 0.3) is 0 Å². The van der Waals surface area contributed by atoms with E-state index < -0.39 is 10.8 Å². The van der Waals surface area contributed by atoms with Crippen molar-refractivity contribution in [3.8, 4) is 0 Å². The second-order valence-corrected chi connectivity index (χ2v) is 5.02. The molecule has 1 heterocycles. The van der Waals surface area contributed by atoms with Crippen LogP contribution in [-0.4, -0.2) is 22.3 Å². The van der Waals surface area contributed by atoms with Gasteiger partial charge >= 0.3 is 0 Å². The van der Waals surface area contributed by atoms with Crippen LogP contribution in [0.3, 0.4) is 0 Å². The van der Waals surface area contributed by atoms with Crippen molar-refractivity contribution in [3.63, 3.8) is 0 Å². The zero-order chi connectivity index (χ0) is 10.6. The van der Waals surface area contributed by atoms with Crippen LogP contribution >= 0.6 is 0 Å². The number of rotatable bonds is 5. The highest BCUT2D eigenvalue weighted by atomic mass is 32.2. The third kappa shape index (κ3) is 3.64. The van der Waals surface area contributed by atoms with E-state index in [1.165, 1.54) is 0 Å². The lowest BCUT2D eigenvalue weighted by atomic mass is 10.2. The van der Waals surface area contributed by atoms with Gasteiger partial charge in [0, 0.05) is 28.9 Å². The first-order valence-corrected chi connectivity index (χ1v) is 6.41. The Morgan fingerprint density at radius 3 is 2.79 bits per heavy atom. The van der Waals surface area contributed by atoms with E-state index >= 15 is 0 Å². The molecule has 0 fully saturated rings. The van der Waals surface area contributed by atoms with Crippen LogP contribution in [0.1, 0.15) is 25.6 Å². The first-order chi connectivity index (χ1) is 6.59. The van der Waals surface area contributed by atoms with Gasteiger partial charge in [-0.05, 0) is 26.0 Å². The van der Waals surface area contributed by atoms with Gasteiger partial charge in [-0.1, -0.05) is 0 Å². The molecule has 0 radical (unpaired) electrons. The van der Waals surface area contributed by atoms with Gasteiger partial charge in [0.1, 0.15) is 5.76 Å². The minimum Gasteiger partial charge on any atom is -0.468 e. The smallest absolute Gasteiger partial charge is 0.120 e. The summed E-state index contributed by atoms with van der Waals surface area (Å²) in [5.74, 6) is 1.59. The Hall–Kier alpha value is -0.610. The lowest BCUT2D eigenvalue weighted by molar-refractivity contribution is 0.409.